The van der Waals surface area contributed by atoms with Crippen LogP contribution in [0.4, 0.5) is 0 Å². The molecule has 0 aliphatic heterocycles. The lowest BCUT2D eigenvalue weighted by molar-refractivity contribution is 0.0710. The second-order valence-electron chi connectivity index (χ2n) is 7.10. The van der Waals surface area contributed by atoms with E-state index in [4.69, 9.17) is 39.2 Å². The molecule has 0 aliphatic rings. The molecule has 0 saturated carbocycles. The molecule has 2 heterocycles. The number of halogens is 3. The highest BCUT2D eigenvalue weighted by Gasteiger charge is 2.23. The summed E-state index contributed by atoms with van der Waals surface area (Å²) < 4.78 is 5.46. The molecular weight excluding hydrogens is 501 g/mol. The monoisotopic (exact) mass is 517 g/mol. The minimum Gasteiger partial charge on any atom is -0.467 e. The van der Waals surface area contributed by atoms with Crippen molar-refractivity contribution >= 4 is 52.5 Å². The Morgan fingerprint density at radius 3 is 2.45 bits per heavy atom. The fourth-order valence-electron chi connectivity index (χ4n) is 3.08. The van der Waals surface area contributed by atoms with Gasteiger partial charge in [0.25, 0.3) is 5.91 Å². The van der Waals surface area contributed by atoms with Crippen molar-refractivity contribution in [2.75, 3.05) is 0 Å². The summed E-state index contributed by atoms with van der Waals surface area (Å²) in [5, 5.41) is 1.92. The molecule has 1 amide bonds. The highest BCUT2D eigenvalue weighted by Crippen LogP contribution is 2.27. The van der Waals surface area contributed by atoms with Crippen LogP contribution >= 0.6 is 46.6 Å². The lowest BCUT2D eigenvalue weighted by atomic mass is 10.2. The Morgan fingerprint density at radius 2 is 1.73 bits per heavy atom. The number of nitrogens with zero attached hydrogens (tertiary/aromatic N) is 3. The van der Waals surface area contributed by atoms with Crippen LogP contribution in [0.3, 0.4) is 0 Å². The molecule has 33 heavy (non-hydrogen) atoms. The highest BCUT2D eigenvalue weighted by molar-refractivity contribution is 7.98. The second-order valence-corrected chi connectivity index (χ2v) is 9.29. The fourth-order valence-corrected chi connectivity index (χ4v) is 4.48. The van der Waals surface area contributed by atoms with Gasteiger partial charge in [-0.05, 0) is 41.5 Å². The Hall–Kier alpha value is -2.51. The molecule has 9 heteroatoms. The van der Waals surface area contributed by atoms with E-state index in [9.17, 15) is 4.79 Å². The van der Waals surface area contributed by atoms with Crippen molar-refractivity contribution < 1.29 is 9.21 Å². The Labute approximate surface area is 210 Å². The first kappa shape index (κ1) is 23.6. The maximum atomic E-state index is 13.5. The molecule has 0 aliphatic carbocycles. The highest BCUT2D eigenvalue weighted by atomic mass is 35.5. The summed E-state index contributed by atoms with van der Waals surface area (Å²) in [6.45, 7) is 0.593. The maximum Gasteiger partial charge on any atom is 0.274 e. The molecule has 0 atom stereocenters. The minimum absolute atomic E-state index is 0.133. The van der Waals surface area contributed by atoms with Crippen LogP contribution in [0.15, 0.2) is 82.7 Å². The van der Waals surface area contributed by atoms with Crippen LogP contribution in [0.2, 0.25) is 15.1 Å². The predicted octanol–water partition coefficient (Wildman–Crippen LogP) is 7.16. The molecule has 4 rings (SSSR count). The number of carbonyl (C=O) groups excluding carboxylic acids is 1. The molecule has 2 aromatic carbocycles. The average Bonchev–Trinajstić information content (AvgIpc) is 3.33. The van der Waals surface area contributed by atoms with Gasteiger partial charge in [-0.3, -0.25) is 4.79 Å². The lowest BCUT2D eigenvalue weighted by Gasteiger charge is -2.22. The van der Waals surface area contributed by atoms with Crippen LogP contribution < -0.4 is 0 Å². The molecule has 0 spiro atoms. The fraction of sp³-hybridized carbons (Fsp3) is 0.125. The van der Waals surface area contributed by atoms with E-state index in [2.05, 4.69) is 9.97 Å². The van der Waals surface area contributed by atoms with Crippen molar-refractivity contribution in [1.29, 1.82) is 0 Å². The molecule has 0 N–H and O–H groups in total. The van der Waals surface area contributed by atoms with E-state index in [1.54, 1.807) is 29.4 Å². The third-order valence-electron chi connectivity index (χ3n) is 4.74. The number of aromatic nitrogens is 2. The van der Waals surface area contributed by atoms with Crippen molar-refractivity contribution in [3.63, 3.8) is 0 Å². The SMILES string of the molecule is O=C(c1nc(SCc2ccccc2Cl)ncc1Cl)N(Cc1ccc(Cl)cc1)Cc1ccco1. The minimum atomic E-state index is -0.326. The van der Waals surface area contributed by atoms with E-state index >= 15 is 0 Å². The van der Waals surface area contributed by atoms with E-state index in [0.717, 1.165) is 11.1 Å². The van der Waals surface area contributed by atoms with Crippen LogP contribution in [0.5, 0.6) is 0 Å². The standard InChI is InChI=1S/C24H18Cl3N3O2S/c25-18-9-7-16(8-10-18)13-30(14-19-5-3-11-32-19)23(31)22-21(27)12-28-24(29-22)33-15-17-4-1-2-6-20(17)26/h1-12H,13-15H2. The molecule has 2 aromatic heterocycles. The van der Waals surface area contributed by atoms with Crippen LogP contribution in [-0.2, 0) is 18.8 Å². The molecular formula is C24H18Cl3N3O2S. The number of benzene rings is 2. The quantitative estimate of drug-likeness (QED) is 0.183. The van der Waals surface area contributed by atoms with Gasteiger partial charge >= 0.3 is 0 Å². The number of hydrogen-bond acceptors (Lipinski definition) is 5. The number of carbonyl (C=O) groups is 1. The maximum absolute atomic E-state index is 13.5. The van der Waals surface area contributed by atoms with E-state index < -0.39 is 0 Å². The van der Waals surface area contributed by atoms with Crippen LogP contribution in [-0.4, -0.2) is 20.8 Å². The third-order valence-corrected chi connectivity index (χ3v) is 6.55. The van der Waals surface area contributed by atoms with Gasteiger partial charge in [0.05, 0.1) is 24.0 Å². The molecule has 0 bridgehead atoms. The Morgan fingerprint density at radius 1 is 0.939 bits per heavy atom. The van der Waals surface area contributed by atoms with E-state index in [0.29, 0.717) is 33.3 Å². The summed E-state index contributed by atoms with van der Waals surface area (Å²) in [5.74, 6) is 0.889. The summed E-state index contributed by atoms with van der Waals surface area (Å²) in [6, 6.07) is 18.5. The largest absolute Gasteiger partial charge is 0.467 e. The van der Waals surface area contributed by atoms with Crippen LogP contribution in [0, 0.1) is 0 Å². The second kappa shape index (κ2) is 11.1. The third kappa shape index (κ3) is 6.30. The normalized spacial score (nSPS) is 10.9. The van der Waals surface area contributed by atoms with E-state index in [-0.39, 0.29) is 23.2 Å². The number of amides is 1. The number of thioether (sulfide) groups is 1. The Kier molecular flexibility index (Phi) is 7.93. The van der Waals surface area contributed by atoms with Gasteiger partial charge in [0.2, 0.25) is 0 Å². The molecule has 168 valence electrons. The van der Waals surface area contributed by atoms with Gasteiger partial charge in [-0.25, -0.2) is 9.97 Å². The summed E-state index contributed by atoms with van der Waals surface area (Å²) in [4.78, 5) is 23.8. The zero-order valence-corrected chi connectivity index (χ0v) is 20.3. The predicted molar refractivity (Wildman–Crippen MR) is 132 cm³/mol. The van der Waals surface area contributed by atoms with Gasteiger partial charge in [0, 0.05) is 22.3 Å². The summed E-state index contributed by atoms with van der Waals surface area (Å²) >= 11 is 20.0. The van der Waals surface area contributed by atoms with Gasteiger partial charge in [-0.1, -0.05) is 76.9 Å². The molecule has 0 fully saturated rings. The number of hydrogen-bond donors (Lipinski definition) is 0. The van der Waals surface area contributed by atoms with Crippen molar-refractivity contribution in [2.24, 2.45) is 0 Å². The first-order chi connectivity index (χ1) is 16.0. The Balaban J connectivity index is 1.57. The average molecular weight is 519 g/mol. The van der Waals surface area contributed by atoms with Gasteiger partial charge in [-0.2, -0.15) is 0 Å². The molecule has 0 unspecified atom stereocenters. The number of rotatable bonds is 8. The molecule has 0 radical (unpaired) electrons. The summed E-state index contributed by atoms with van der Waals surface area (Å²) in [7, 11) is 0. The molecule has 0 saturated heterocycles. The van der Waals surface area contributed by atoms with Gasteiger partial charge in [-0.15, -0.1) is 0 Å². The van der Waals surface area contributed by atoms with Crippen LogP contribution in [0.25, 0.3) is 0 Å². The smallest absolute Gasteiger partial charge is 0.274 e. The zero-order valence-electron chi connectivity index (χ0n) is 17.2. The number of furan rings is 1. The van der Waals surface area contributed by atoms with Crippen molar-refractivity contribution in [2.45, 2.75) is 24.0 Å². The lowest BCUT2D eigenvalue weighted by Crippen LogP contribution is -2.31. The Bertz CT molecular complexity index is 1230. The van der Waals surface area contributed by atoms with Crippen molar-refractivity contribution in [3.8, 4) is 0 Å². The summed E-state index contributed by atoms with van der Waals surface area (Å²) in [6.07, 6.45) is 3.02. The zero-order chi connectivity index (χ0) is 23.2. The topological polar surface area (TPSA) is 59.2 Å². The summed E-state index contributed by atoms with van der Waals surface area (Å²) in [5.41, 5.74) is 2.00. The van der Waals surface area contributed by atoms with Crippen molar-refractivity contribution in [1.82, 2.24) is 14.9 Å². The van der Waals surface area contributed by atoms with Gasteiger partial charge < -0.3 is 9.32 Å². The first-order valence-electron chi connectivity index (χ1n) is 9.94. The first-order valence-corrected chi connectivity index (χ1v) is 12.1. The molecule has 5 nitrogen and oxygen atoms in total. The van der Waals surface area contributed by atoms with Crippen molar-refractivity contribution in [3.05, 3.63) is 111 Å². The van der Waals surface area contributed by atoms with Gasteiger partial charge in [0.15, 0.2) is 10.9 Å². The molecule has 4 aromatic rings. The van der Waals surface area contributed by atoms with E-state index in [1.165, 1.54) is 18.0 Å². The van der Waals surface area contributed by atoms with E-state index in [1.807, 2.05) is 42.5 Å². The van der Waals surface area contributed by atoms with Crippen LogP contribution in [0.1, 0.15) is 27.4 Å². The van der Waals surface area contributed by atoms with Gasteiger partial charge in [0.1, 0.15) is 5.76 Å².